The second-order valence-corrected chi connectivity index (χ2v) is 9.00. The van der Waals surface area contributed by atoms with Crippen LogP contribution in [0.3, 0.4) is 0 Å². The quantitative estimate of drug-likeness (QED) is 0.298. The topological polar surface area (TPSA) is 92.3 Å². The molecule has 0 aliphatic carbocycles. The van der Waals surface area contributed by atoms with E-state index in [2.05, 4.69) is 20.9 Å². The predicted octanol–water partition coefficient (Wildman–Crippen LogP) is 6.27. The van der Waals surface area contributed by atoms with Crippen LogP contribution in [0.1, 0.15) is 25.6 Å². The fraction of sp³-hybridized carbons (Fsp3) is 0.190. The number of amides is 2. The molecule has 0 atom stereocenters. The standard InChI is InChI=1S/C21H16Cl3F3N4O3S/c1-34-17-13(23)4-3-12(19(32)30-14-5-2-11(22)7-29-14)16(17)31-20(33)18-15(24)10(8-35-18)6-28-9-21(25,26)27/h2-5,7-8,28H,6,9H2,1H3,(H,31,33)(H,29,30,32). The molecule has 0 saturated carbocycles. The summed E-state index contributed by atoms with van der Waals surface area (Å²) < 4.78 is 42.4. The third-order valence-corrected chi connectivity index (χ3v) is 6.51. The van der Waals surface area contributed by atoms with Crippen molar-refractivity contribution in [2.75, 3.05) is 24.3 Å². The van der Waals surface area contributed by atoms with Gasteiger partial charge >= 0.3 is 6.18 Å². The van der Waals surface area contributed by atoms with Crippen molar-refractivity contribution < 1.29 is 27.5 Å². The van der Waals surface area contributed by atoms with Gasteiger partial charge in [0.2, 0.25) is 0 Å². The SMILES string of the molecule is COc1c(Cl)ccc(C(=O)Nc2ccc(Cl)cn2)c1NC(=O)c1scc(CNCC(F)(F)F)c1Cl. The number of ether oxygens (including phenoxy) is 1. The summed E-state index contributed by atoms with van der Waals surface area (Å²) in [4.78, 5) is 29.9. The first kappa shape index (κ1) is 27.0. The molecule has 0 spiro atoms. The molecule has 7 nitrogen and oxygen atoms in total. The number of carbonyl (C=O) groups excluding carboxylic acids is 2. The molecule has 0 fully saturated rings. The van der Waals surface area contributed by atoms with Crippen LogP contribution in [0.25, 0.3) is 0 Å². The number of nitrogens with one attached hydrogen (secondary N) is 3. The van der Waals surface area contributed by atoms with Crippen molar-refractivity contribution in [1.82, 2.24) is 10.3 Å². The highest BCUT2D eigenvalue weighted by atomic mass is 35.5. The molecule has 0 saturated heterocycles. The highest BCUT2D eigenvalue weighted by Gasteiger charge is 2.27. The highest BCUT2D eigenvalue weighted by molar-refractivity contribution is 7.13. The zero-order valence-electron chi connectivity index (χ0n) is 17.7. The van der Waals surface area contributed by atoms with Crippen molar-refractivity contribution in [2.45, 2.75) is 12.7 Å². The number of hydrogen-bond donors (Lipinski definition) is 3. The summed E-state index contributed by atoms with van der Waals surface area (Å²) in [6.45, 7) is -1.40. The number of methoxy groups -OCH3 is 1. The van der Waals surface area contributed by atoms with Crippen LogP contribution in [0.5, 0.6) is 5.75 Å². The van der Waals surface area contributed by atoms with Crippen LogP contribution >= 0.6 is 46.1 Å². The van der Waals surface area contributed by atoms with Crippen LogP contribution in [-0.4, -0.2) is 36.6 Å². The van der Waals surface area contributed by atoms with Gasteiger partial charge in [-0.25, -0.2) is 4.98 Å². The van der Waals surface area contributed by atoms with E-state index in [9.17, 15) is 22.8 Å². The van der Waals surface area contributed by atoms with E-state index in [-0.39, 0.29) is 44.3 Å². The number of nitrogens with zero attached hydrogens (tertiary/aromatic N) is 1. The Morgan fingerprint density at radius 1 is 1.09 bits per heavy atom. The number of hydrogen-bond acceptors (Lipinski definition) is 6. The van der Waals surface area contributed by atoms with E-state index >= 15 is 0 Å². The molecule has 1 aromatic carbocycles. The largest absolute Gasteiger partial charge is 0.493 e. The van der Waals surface area contributed by atoms with Gasteiger partial charge in [-0.15, -0.1) is 11.3 Å². The van der Waals surface area contributed by atoms with Crippen molar-refractivity contribution >= 4 is 69.5 Å². The number of pyridine rings is 1. The van der Waals surface area contributed by atoms with Gasteiger partial charge in [-0.2, -0.15) is 13.2 Å². The lowest BCUT2D eigenvalue weighted by atomic mass is 10.1. The van der Waals surface area contributed by atoms with Gasteiger partial charge < -0.3 is 20.7 Å². The zero-order chi connectivity index (χ0) is 25.8. The number of anilines is 2. The molecule has 0 aliphatic rings. The van der Waals surface area contributed by atoms with E-state index in [1.54, 1.807) is 0 Å². The smallest absolute Gasteiger partial charge is 0.401 e. The third-order valence-electron chi connectivity index (χ3n) is 4.41. The zero-order valence-corrected chi connectivity index (χ0v) is 20.8. The average Bonchev–Trinajstić information content (AvgIpc) is 3.15. The predicted molar refractivity (Wildman–Crippen MR) is 130 cm³/mol. The van der Waals surface area contributed by atoms with Crippen molar-refractivity contribution in [3.63, 3.8) is 0 Å². The summed E-state index contributed by atoms with van der Waals surface area (Å²) in [5, 5.41) is 9.33. The molecule has 0 aliphatic heterocycles. The summed E-state index contributed by atoms with van der Waals surface area (Å²) in [6, 6.07) is 5.83. The maximum atomic E-state index is 13.0. The summed E-state index contributed by atoms with van der Waals surface area (Å²) in [6.07, 6.45) is -3.04. The molecule has 0 unspecified atom stereocenters. The number of benzene rings is 1. The second-order valence-electron chi connectivity index (χ2n) is 6.90. The van der Waals surface area contributed by atoms with Crippen LogP contribution < -0.4 is 20.7 Å². The van der Waals surface area contributed by atoms with Gasteiger partial charge in [-0.3, -0.25) is 9.59 Å². The summed E-state index contributed by atoms with van der Waals surface area (Å²) in [5.41, 5.74) is 0.296. The third kappa shape index (κ3) is 6.98. The minimum atomic E-state index is -4.38. The van der Waals surface area contributed by atoms with Gasteiger partial charge in [0.05, 0.1) is 40.0 Å². The first-order valence-corrected chi connectivity index (χ1v) is 11.7. The molecule has 14 heteroatoms. The minimum absolute atomic E-state index is 0.0103. The van der Waals surface area contributed by atoms with Crippen molar-refractivity contribution in [3.05, 3.63) is 66.9 Å². The Kier molecular flexibility index (Phi) is 8.84. The number of alkyl halides is 3. The number of thiophene rings is 1. The van der Waals surface area contributed by atoms with E-state index in [4.69, 9.17) is 39.5 Å². The minimum Gasteiger partial charge on any atom is -0.493 e. The maximum absolute atomic E-state index is 13.0. The number of carbonyl (C=O) groups is 2. The molecule has 0 bridgehead atoms. The van der Waals surface area contributed by atoms with Crippen molar-refractivity contribution in [1.29, 1.82) is 0 Å². The molecular weight excluding hydrogens is 552 g/mol. The van der Waals surface area contributed by atoms with Gasteiger partial charge in [-0.05, 0) is 35.2 Å². The molecular formula is C21H16Cl3F3N4O3S. The van der Waals surface area contributed by atoms with E-state index in [1.165, 1.54) is 43.0 Å². The van der Waals surface area contributed by atoms with Crippen molar-refractivity contribution in [2.24, 2.45) is 0 Å². The molecule has 35 heavy (non-hydrogen) atoms. The molecule has 3 rings (SSSR count). The Balaban J connectivity index is 1.85. The maximum Gasteiger partial charge on any atom is 0.401 e. The number of rotatable bonds is 8. The first-order chi connectivity index (χ1) is 16.5. The molecule has 2 aromatic heterocycles. The lowest BCUT2D eigenvalue weighted by Gasteiger charge is -2.16. The molecule has 0 radical (unpaired) electrons. The fourth-order valence-electron chi connectivity index (χ4n) is 2.86. The van der Waals surface area contributed by atoms with Crippen LogP contribution in [0, 0.1) is 0 Å². The Hall–Kier alpha value is -2.57. The Labute approximate surface area is 216 Å². The molecule has 186 valence electrons. The van der Waals surface area contributed by atoms with E-state index in [1.807, 2.05) is 0 Å². The summed E-state index contributed by atoms with van der Waals surface area (Å²) in [5.74, 6) is -1.10. The Morgan fingerprint density at radius 2 is 1.83 bits per heavy atom. The highest BCUT2D eigenvalue weighted by Crippen LogP contribution is 2.38. The van der Waals surface area contributed by atoms with E-state index < -0.39 is 24.5 Å². The molecule has 3 aromatic rings. The second kappa shape index (κ2) is 11.4. The fourth-order valence-corrected chi connectivity index (χ4v) is 4.47. The van der Waals surface area contributed by atoms with Gasteiger partial charge in [0, 0.05) is 12.7 Å². The first-order valence-electron chi connectivity index (χ1n) is 9.64. The van der Waals surface area contributed by atoms with E-state index in [0.29, 0.717) is 10.6 Å². The Morgan fingerprint density at radius 3 is 2.46 bits per heavy atom. The molecule has 3 N–H and O–H groups in total. The van der Waals surface area contributed by atoms with Gasteiger partial charge in [0.1, 0.15) is 10.7 Å². The normalized spacial score (nSPS) is 11.3. The molecule has 2 amide bonds. The molecule has 2 heterocycles. The van der Waals surface area contributed by atoms with E-state index in [0.717, 1.165) is 11.3 Å². The lowest BCUT2D eigenvalue weighted by Crippen LogP contribution is -2.28. The average molecular weight is 568 g/mol. The number of aromatic nitrogens is 1. The van der Waals surface area contributed by atoms with Gasteiger partial charge in [0.25, 0.3) is 11.8 Å². The summed E-state index contributed by atoms with van der Waals surface area (Å²) in [7, 11) is 1.31. The monoisotopic (exact) mass is 566 g/mol. The Bertz CT molecular complexity index is 1240. The summed E-state index contributed by atoms with van der Waals surface area (Å²) >= 11 is 19.2. The van der Waals surface area contributed by atoms with Crippen molar-refractivity contribution in [3.8, 4) is 5.75 Å². The van der Waals surface area contributed by atoms with Crippen LogP contribution in [0.2, 0.25) is 15.1 Å². The van der Waals surface area contributed by atoms with Crippen LogP contribution in [0.15, 0.2) is 35.8 Å². The van der Waals surface area contributed by atoms with Gasteiger partial charge in [0.15, 0.2) is 5.75 Å². The van der Waals surface area contributed by atoms with Crippen LogP contribution in [-0.2, 0) is 6.54 Å². The number of halogens is 6. The van der Waals surface area contributed by atoms with Crippen LogP contribution in [0.4, 0.5) is 24.7 Å². The van der Waals surface area contributed by atoms with Gasteiger partial charge in [-0.1, -0.05) is 34.8 Å². The lowest BCUT2D eigenvalue weighted by molar-refractivity contribution is -0.125.